The third-order valence-electron chi connectivity index (χ3n) is 2.47. The number of amides is 1. The zero-order chi connectivity index (χ0) is 10.2. The number of likely N-dealkylation sites (tertiary alicyclic amines) is 1. The van der Waals surface area contributed by atoms with Crippen molar-refractivity contribution in [1.29, 1.82) is 0 Å². The molecule has 3 nitrogen and oxygen atoms in total. The number of nitrogens with zero attached hydrogens (tertiary/aromatic N) is 1. The lowest BCUT2D eigenvalue weighted by Gasteiger charge is -2.22. The molecule has 1 saturated heterocycles. The molecular weight excluding hydrogens is 171 g/mol. The van der Waals surface area contributed by atoms with E-state index in [1.54, 1.807) is 0 Å². The van der Waals surface area contributed by atoms with Gasteiger partial charge in [0.15, 0.2) is 5.67 Å². The molecule has 1 fully saturated rings. The minimum Gasteiger partial charge on any atom is -0.338 e. The fourth-order valence-corrected chi connectivity index (χ4v) is 1.53. The molecule has 0 spiro atoms. The quantitative estimate of drug-likeness (QED) is 0.653. The Balaban J connectivity index is 2.61. The average Bonchev–Trinajstić information content (AvgIpc) is 2.29. The molecule has 13 heavy (non-hydrogen) atoms. The van der Waals surface area contributed by atoms with Crippen LogP contribution in [-0.4, -0.2) is 35.6 Å². The van der Waals surface area contributed by atoms with E-state index in [4.69, 9.17) is 5.73 Å². The Morgan fingerprint density at radius 2 is 2.08 bits per heavy atom. The topological polar surface area (TPSA) is 46.3 Å². The summed E-state index contributed by atoms with van der Waals surface area (Å²) in [4.78, 5) is 13.0. The van der Waals surface area contributed by atoms with Gasteiger partial charge in [-0.3, -0.25) is 4.79 Å². The van der Waals surface area contributed by atoms with Gasteiger partial charge in [0.05, 0.1) is 0 Å². The van der Waals surface area contributed by atoms with Gasteiger partial charge in [-0.25, -0.2) is 4.39 Å². The second-order valence-electron chi connectivity index (χ2n) is 4.32. The van der Waals surface area contributed by atoms with E-state index < -0.39 is 11.6 Å². The van der Waals surface area contributed by atoms with Crippen LogP contribution in [0.15, 0.2) is 0 Å². The van der Waals surface area contributed by atoms with Gasteiger partial charge in [0, 0.05) is 19.1 Å². The molecule has 2 atom stereocenters. The van der Waals surface area contributed by atoms with Crippen LogP contribution in [0.2, 0.25) is 0 Å². The second kappa shape index (κ2) is 3.25. The maximum Gasteiger partial charge on any atom is 0.259 e. The Morgan fingerprint density at radius 3 is 2.38 bits per heavy atom. The first-order valence-electron chi connectivity index (χ1n) is 4.56. The summed E-state index contributed by atoms with van der Waals surface area (Å²) in [6.07, 6.45) is 0. The fourth-order valence-electron chi connectivity index (χ4n) is 1.53. The number of halogens is 1. The van der Waals surface area contributed by atoms with Crippen molar-refractivity contribution in [3.63, 3.8) is 0 Å². The van der Waals surface area contributed by atoms with Gasteiger partial charge in [0.1, 0.15) is 0 Å². The summed E-state index contributed by atoms with van der Waals surface area (Å²) in [5, 5.41) is 0. The van der Waals surface area contributed by atoms with Crippen molar-refractivity contribution in [3.05, 3.63) is 0 Å². The van der Waals surface area contributed by atoms with Crippen molar-refractivity contribution in [2.24, 2.45) is 11.7 Å². The molecule has 1 amide bonds. The van der Waals surface area contributed by atoms with Gasteiger partial charge in [0.2, 0.25) is 0 Å². The molecule has 1 aliphatic rings. The Labute approximate surface area is 78.1 Å². The lowest BCUT2D eigenvalue weighted by atomic mass is 10.1. The number of nitrogens with two attached hydrogens (primary N) is 1. The number of carbonyl (C=O) groups is 1. The first-order valence-corrected chi connectivity index (χ1v) is 4.56. The summed E-state index contributed by atoms with van der Waals surface area (Å²) in [5.74, 6) is -0.182. The first kappa shape index (κ1) is 10.4. The van der Waals surface area contributed by atoms with Crippen LogP contribution < -0.4 is 5.73 Å². The van der Waals surface area contributed by atoms with Crippen LogP contribution in [0.25, 0.3) is 0 Å². The maximum atomic E-state index is 13.3. The zero-order valence-corrected chi connectivity index (χ0v) is 8.38. The zero-order valence-electron chi connectivity index (χ0n) is 8.38. The molecule has 2 unspecified atom stereocenters. The summed E-state index contributed by atoms with van der Waals surface area (Å²) >= 11 is 0. The summed E-state index contributed by atoms with van der Waals surface area (Å²) in [6.45, 7) is 5.59. The highest BCUT2D eigenvalue weighted by Crippen LogP contribution is 2.20. The number of hydrogen-bond donors (Lipinski definition) is 1. The van der Waals surface area contributed by atoms with Crippen molar-refractivity contribution >= 4 is 5.91 Å². The molecule has 0 aromatic heterocycles. The molecule has 2 N–H and O–H groups in total. The molecule has 0 saturated carbocycles. The predicted molar refractivity (Wildman–Crippen MR) is 48.9 cm³/mol. The van der Waals surface area contributed by atoms with Gasteiger partial charge < -0.3 is 10.6 Å². The predicted octanol–water partition coefficient (Wildman–Crippen LogP) is 0.540. The molecule has 0 aliphatic carbocycles. The van der Waals surface area contributed by atoms with Gasteiger partial charge in [0.25, 0.3) is 5.91 Å². The van der Waals surface area contributed by atoms with Crippen LogP contribution in [0.5, 0.6) is 0 Å². The SMILES string of the molecule is CC1CN(C(=O)C(C)(C)F)CC1N. The summed E-state index contributed by atoms with van der Waals surface area (Å²) in [5.41, 5.74) is 3.96. The first-order chi connectivity index (χ1) is 5.82. The van der Waals surface area contributed by atoms with Gasteiger partial charge >= 0.3 is 0 Å². The molecule has 0 aromatic rings. The van der Waals surface area contributed by atoms with E-state index in [0.717, 1.165) is 0 Å². The standard InChI is InChI=1S/C9H17FN2O/c1-6-4-12(5-7(6)11)8(13)9(2,3)10/h6-7H,4-5,11H2,1-3H3. The fraction of sp³-hybridized carbons (Fsp3) is 0.889. The highest BCUT2D eigenvalue weighted by Gasteiger charge is 2.37. The van der Waals surface area contributed by atoms with E-state index in [-0.39, 0.29) is 12.0 Å². The summed E-state index contributed by atoms with van der Waals surface area (Å²) < 4.78 is 13.3. The molecule has 1 aliphatic heterocycles. The highest BCUT2D eigenvalue weighted by molar-refractivity contribution is 5.84. The van der Waals surface area contributed by atoms with Crippen LogP contribution in [0, 0.1) is 5.92 Å². The second-order valence-corrected chi connectivity index (χ2v) is 4.32. The van der Waals surface area contributed by atoms with Crippen LogP contribution in [0.3, 0.4) is 0 Å². The van der Waals surface area contributed by atoms with Gasteiger partial charge in [-0.15, -0.1) is 0 Å². The average molecular weight is 188 g/mol. The van der Waals surface area contributed by atoms with Gasteiger partial charge in [-0.1, -0.05) is 6.92 Å². The lowest BCUT2D eigenvalue weighted by Crippen LogP contribution is -2.42. The molecular formula is C9H17FN2O. The summed E-state index contributed by atoms with van der Waals surface area (Å²) in [7, 11) is 0. The van der Waals surface area contributed by atoms with E-state index in [9.17, 15) is 9.18 Å². The van der Waals surface area contributed by atoms with Crippen LogP contribution in [0.1, 0.15) is 20.8 Å². The van der Waals surface area contributed by atoms with E-state index in [1.165, 1.54) is 18.7 Å². The number of carbonyl (C=O) groups excluding carboxylic acids is 1. The molecule has 1 heterocycles. The van der Waals surface area contributed by atoms with Crippen LogP contribution in [-0.2, 0) is 4.79 Å². The third kappa shape index (κ3) is 2.18. The Kier molecular flexibility index (Phi) is 2.61. The minimum atomic E-state index is -1.77. The Hall–Kier alpha value is -0.640. The van der Waals surface area contributed by atoms with Gasteiger partial charge in [-0.2, -0.15) is 0 Å². The molecule has 0 radical (unpaired) electrons. The number of alkyl halides is 1. The third-order valence-corrected chi connectivity index (χ3v) is 2.47. The van der Waals surface area contributed by atoms with Crippen molar-refractivity contribution in [1.82, 2.24) is 4.90 Å². The van der Waals surface area contributed by atoms with E-state index in [1.807, 2.05) is 6.92 Å². The minimum absolute atomic E-state index is 0.00806. The largest absolute Gasteiger partial charge is 0.338 e. The molecule has 1 rings (SSSR count). The normalized spacial score (nSPS) is 29.5. The van der Waals surface area contributed by atoms with Crippen molar-refractivity contribution < 1.29 is 9.18 Å². The van der Waals surface area contributed by atoms with Crippen LogP contribution in [0.4, 0.5) is 4.39 Å². The van der Waals surface area contributed by atoms with Crippen LogP contribution >= 0.6 is 0 Å². The lowest BCUT2D eigenvalue weighted by molar-refractivity contribution is -0.140. The maximum absolute atomic E-state index is 13.3. The summed E-state index contributed by atoms with van der Waals surface area (Å²) in [6, 6.07) is -0.00806. The van der Waals surface area contributed by atoms with Gasteiger partial charge in [-0.05, 0) is 19.8 Å². The van der Waals surface area contributed by atoms with Crippen molar-refractivity contribution in [3.8, 4) is 0 Å². The molecule has 0 bridgehead atoms. The highest BCUT2D eigenvalue weighted by atomic mass is 19.1. The number of rotatable bonds is 1. The van der Waals surface area contributed by atoms with Crippen molar-refractivity contribution in [2.75, 3.05) is 13.1 Å². The Morgan fingerprint density at radius 1 is 1.54 bits per heavy atom. The molecule has 4 heteroatoms. The Bertz CT molecular complexity index is 202. The van der Waals surface area contributed by atoms with E-state index in [0.29, 0.717) is 13.1 Å². The van der Waals surface area contributed by atoms with E-state index >= 15 is 0 Å². The smallest absolute Gasteiger partial charge is 0.259 e. The molecule has 0 aromatic carbocycles. The molecule has 76 valence electrons. The monoisotopic (exact) mass is 188 g/mol. The number of hydrogen-bond acceptors (Lipinski definition) is 2. The van der Waals surface area contributed by atoms with E-state index in [2.05, 4.69) is 0 Å². The van der Waals surface area contributed by atoms with Crippen molar-refractivity contribution in [2.45, 2.75) is 32.5 Å².